The first-order valence-corrected chi connectivity index (χ1v) is 8.77. The maximum absolute atomic E-state index is 12.6. The van der Waals surface area contributed by atoms with Crippen LogP contribution < -0.4 is 5.32 Å². The van der Waals surface area contributed by atoms with Crippen LogP contribution in [0.3, 0.4) is 0 Å². The molecule has 3 rings (SSSR count). The molecule has 0 saturated carbocycles. The molecule has 1 aromatic carbocycles. The summed E-state index contributed by atoms with van der Waals surface area (Å²) in [6.45, 7) is 0.487. The van der Waals surface area contributed by atoms with Crippen molar-refractivity contribution in [2.45, 2.75) is 18.5 Å². The Labute approximate surface area is 162 Å². The lowest BCUT2D eigenvalue weighted by Gasteiger charge is -2.19. The van der Waals surface area contributed by atoms with Crippen molar-refractivity contribution in [2.75, 3.05) is 20.3 Å². The highest BCUT2D eigenvalue weighted by Gasteiger charge is 2.36. The Hall–Kier alpha value is -3.44. The number of carboxylic acid groups (broad SMARTS) is 1. The van der Waals surface area contributed by atoms with E-state index in [-0.39, 0.29) is 36.8 Å². The molecule has 8 heteroatoms. The van der Waals surface area contributed by atoms with Crippen LogP contribution in [0.1, 0.15) is 22.5 Å². The Kier molecular flexibility index (Phi) is 5.87. The minimum absolute atomic E-state index is 0.207. The van der Waals surface area contributed by atoms with E-state index in [9.17, 15) is 14.7 Å². The molecule has 8 nitrogen and oxygen atoms in total. The van der Waals surface area contributed by atoms with Gasteiger partial charge in [-0.3, -0.25) is 9.78 Å². The number of pyridine rings is 1. The van der Waals surface area contributed by atoms with Crippen LogP contribution in [-0.4, -0.2) is 59.3 Å². The Bertz CT molecular complexity index is 924. The normalized spacial score (nSPS) is 18.5. The maximum Gasteiger partial charge on any atom is 0.407 e. The lowest BCUT2D eigenvalue weighted by Crippen LogP contribution is -2.39. The van der Waals surface area contributed by atoms with Gasteiger partial charge in [0.05, 0.1) is 24.3 Å². The van der Waals surface area contributed by atoms with Gasteiger partial charge in [-0.25, -0.2) is 4.79 Å². The first-order chi connectivity index (χ1) is 13.5. The van der Waals surface area contributed by atoms with Crippen LogP contribution in [0.2, 0.25) is 0 Å². The van der Waals surface area contributed by atoms with Crippen LogP contribution >= 0.6 is 0 Å². The third-order valence-corrected chi connectivity index (χ3v) is 4.67. The number of hydrogen-bond acceptors (Lipinski definition) is 5. The Balaban J connectivity index is 1.73. The number of nitrogens with one attached hydrogen (secondary N) is 1. The van der Waals surface area contributed by atoms with Gasteiger partial charge in [0.2, 0.25) is 0 Å². The molecule has 0 aliphatic carbocycles. The summed E-state index contributed by atoms with van der Waals surface area (Å²) >= 11 is 0. The van der Waals surface area contributed by atoms with Gasteiger partial charge in [-0.15, -0.1) is 0 Å². The average Bonchev–Trinajstić information content (AvgIpc) is 3.11. The van der Waals surface area contributed by atoms with Crippen LogP contribution in [0.5, 0.6) is 0 Å². The second-order valence-corrected chi connectivity index (χ2v) is 6.57. The highest BCUT2D eigenvalue weighted by Crippen LogP contribution is 2.22. The monoisotopic (exact) mass is 380 g/mol. The number of benzene rings is 1. The molecule has 0 unspecified atom stereocenters. The van der Waals surface area contributed by atoms with Crippen molar-refractivity contribution in [1.82, 2.24) is 15.2 Å². The maximum atomic E-state index is 12.6. The molecule has 1 aliphatic rings. The number of aromatic nitrogens is 1. The second kappa shape index (κ2) is 8.50. The van der Waals surface area contributed by atoms with Crippen molar-refractivity contribution in [3.05, 3.63) is 53.9 Å². The number of hydrogen-bond donors (Lipinski definition) is 2. The van der Waals surface area contributed by atoms with Crippen molar-refractivity contribution >= 4 is 12.0 Å². The number of nitrogens with zero attached hydrogens (tertiary/aromatic N) is 3. The zero-order chi connectivity index (χ0) is 20.1. The fraction of sp³-hybridized carbons (Fsp3) is 0.300. The number of methoxy groups -OCH3 is 1. The first-order valence-electron chi connectivity index (χ1n) is 8.77. The van der Waals surface area contributed by atoms with Crippen molar-refractivity contribution in [1.29, 1.82) is 5.26 Å². The van der Waals surface area contributed by atoms with Gasteiger partial charge in [0, 0.05) is 25.9 Å². The van der Waals surface area contributed by atoms with E-state index in [0.717, 1.165) is 11.1 Å². The molecule has 1 aromatic heterocycles. The van der Waals surface area contributed by atoms with Gasteiger partial charge >= 0.3 is 6.09 Å². The summed E-state index contributed by atoms with van der Waals surface area (Å²) in [6.07, 6.45) is 0.988. The van der Waals surface area contributed by atoms with E-state index in [2.05, 4.69) is 16.4 Å². The van der Waals surface area contributed by atoms with Crippen molar-refractivity contribution in [3.63, 3.8) is 0 Å². The van der Waals surface area contributed by atoms with Gasteiger partial charge in [0.25, 0.3) is 5.91 Å². The Morgan fingerprint density at radius 1 is 1.36 bits per heavy atom. The predicted molar refractivity (Wildman–Crippen MR) is 101 cm³/mol. The Morgan fingerprint density at radius 3 is 2.86 bits per heavy atom. The number of rotatable bonds is 5. The molecule has 1 aliphatic heterocycles. The number of ether oxygens (including phenoxy) is 1. The summed E-state index contributed by atoms with van der Waals surface area (Å²) in [5, 5.41) is 21.2. The Morgan fingerprint density at radius 2 is 2.14 bits per heavy atom. The minimum Gasteiger partial charge on any atom is -0.465 e. The quantitative estimate of drug-likeness (QED) is 0.821. The molecule has 2 N–H and O–H groups in total. The number of amides is 2. The average molecular weight is 380 g/mol. The van der Waals surface area contributed by atoms with E-state index in [4.69, 9.17) is 10.00 Å². The van der Waals surface area contributed by atoms with E-state index in [1.54, 1.807) is 30.3 Å². The number of nitriles is 1. The van der Waals surface area contributed by atoms with Crippen LogP contribution in [0.15, 0.2) is 42.6 Å². The SMILES string of the molecule is COC[C@@H]1C[C@@H](NC(=O)c2cc(-c3cccc(C#N)c3)ccn2)CN1C(=O)O. The summed E-state index contributed by atoms with van der Waals surface area (Å²) in [5.41, 5.74) is 2.35. The van der Waals surface area contributed by atoms with E-state index in [1.165, 1.54) is 18.2 Å². The number of likely N-dealkylation sites (tertiary alicyclic amines) is 1. The largest absolute Gasteiger partial charge is 0.465 e. The van der Waals surface area contributed by atoms with Crippen LogP contribution in [0.4, 0.5) is 4.79 Å². The van der Waals surface area contributed by atoms with Crippen molar-refractivity contribution in [3.8, 4) is 17.2 Å². The third-order valence-electron chi connectivity index (χ3n) is 4.67. The molecule has 144 valence electrons. The van der Waals surface area contributed by atoms with E-state index in [0.29, 0.717) is 12.0 Å². The molecule has 2 aromatic rings. The fourth-order valence-electron chi connectivity index (χ4n) is 3.37. The highest BCUT2D eigenvalue weighted by atomic mass is 16.5. The minimum atomic E-state index is -1.03. The number of carbonyl (C=O) groups is 2. The van der Waals surface area contributed by atoms with Gasteiger partial charge in [0.15, 0.2) is 0 Å². The molecular weight excluding hydrogens is 360 g/mol. The third kappa shape index (κ3) is 4.27. The second-order valence-electron chi connectivity index (χ2n) is 6.57. The molecule has 2 amide bonds. The van der Waals surface area contributed by atoms with Crippen LogP contribution in [0, 0.1) is 11.3 Å². The summed E-state index contributed by atoms with van der Waals surface area (Å²) in [5.74, 6) is -0.369. The van der Waals surface area contributed by atoms with Gasteiger partial charge in [-0.05, 0) is 41.8 Å². The molecule has 1 saturated heterocycles. The van der Waals surface area contributed by atoms with Crippen molar-refractivity contribution in [2.24, 2.45) is 0 Å². The zero-order valence-electron chi connectivity index (χ0n) is 15.3. The first kappa shape index (κ1) is 19.3. The summed E-state index contributed by atoms with van der Waals surface area (Å²) in [7, 11) is 1.52. The van der Waals surface area contributed by atoms with Gasteiger partial charge < -0.3 is 20.1 Å². The van der Waals surface area contributed by atoms with E-state index in [1.807, 2.05) is 6.07 Å². The van der Waals surface area contributed by atoms with Gasteiger partial charge in [-0.2, -0.15) is 5.26 Å². The van der Waals surface area contributed by atoms with Crippen LogP contribution in [0.25, 0.3) is 11.1 Å². The lowest BCUT2D eigenvalue weighted by atomic mass is 10.0. The summed E-state index contributed by atoms with van der Waals surface area (Å²) < 4.78 is 5.07. The van der Waals surface area contributed by atoms with Crippen molar-refractivity contribution < 1.29 is 19.4 Å². The van der Waals surface area contributed by atoms with E-state index >= 15 is 0 Å². The van der Waals surface area contributed by atoms with Crippen LogP contribution in [-0.2, 0) is 4.74 Å². The summed E-state index contributed by atoms with van der Waals surface area (Å²) in [6, 6.07) is 12.0. The highest BCUT2D eigenvalue weighted by molar-refractivity contribution is 5.93. The molecule has 0 radical (unpaired) electrons. The van der Waals surface area contributed by atoms with Gasteiger partial charge in [-0.1, -0.05) is 12.1 Å². The topological polar surface area (TPSA) is 116 Å². The molecular formula is C20H20N4O4. The predicted octanol–water partition coefficient (Wildman–Crippen LogP) is 2.12. The lowest BCUT2D eigenvalue weighted by molar-refractivity contribution is 0.0928. The standard InChI is InChI=1S/C20H20N4O4/c1-28-12-17-9-16(11-24(17)20(26)27)23-19(25)18-8-15(5-6-22-18)14-4-2-3-13(7-14)10-21/h2-8,16-17H,9,11-12H2,1H3,(H,23,25)(H,26,27)/t16-,17+/m1/s1. The number of carbonyl (C=O) groups excluding carboxylic acids is 1. The molecule has 0 bridgehead atoms. The molecule has 1 fully saturated rings. The van der Waals surface area contributed by atoms with Gasteiger partial charge in [0.1, 0.15) is 5.69 Å². The molecule has 0 spiro atoms. The molecule has 28 heavy (non-hydrogen) atoms. The molecule has 2 heterocycles. The molecule has 2 atom stereocenters. The summed E-state index contributed by atoms with van der Waals surface area (Å²) in [4.78, 5) is 29.4. The van der Waals surface area contributed by atoms with E-state index < -0.39 is 6.09 Å². The fourth-order valence-corrected chi connectivity index (χ4v) is 3.37. The smallest absolute Gasteiger partial charge is 0.407 e. The zero-order valence-corrected chi connectivity index (χ0v) is 15.3.